The molecule has 0 radical (unpaired) electrons. The summed E-state index contributed by atoms with van der Waals surface area (Å²) in [4.78, 5) is 13.2. The highest BCUT2D eigenvalue weighted by atomic mass is 16.2. The van der Waals surface area contributed by atoms with E-state index in [0.717, 1.165) is 19.6 Å². The van der Waals surface area contributed by atoms with E-state index < -0.39 is 0 Å². The summed E-state index contributed by atoms with van der Waals surface area (Å²) in [5.41, 5.74) is 0. The Balaban J connectivity index is 2.35. The fourth-order valence-corrected chi connectivity index (χ4v) is 1.38. The minimum absolute atomic E-state index is 0.0610. The lowest BCUT2D eigenvalue weighted by Gasteiger charge is -2.31. The van der Waals surface area contributed by atoms with Gasteiger partial charge in [-0.3, -0.25) is 0 Å². The van der Waals surface area contributed by atoms with Crippen LogP contribution in [0.4, 0.5) is 4.79 Å². The third kappa shape index (κ3) is 2.37. The molecule has 1 aliphatic rings. The van der Waals surface area contributed by atoms with Gasteiger partial charge in [0.05, 0.1) is 0 Å². The van der Waals surface area contributed by atoms with Crippen LogP contribution in [0.5, 0.6) is 0 Å². The fourth-order valence-electron chi connectivity index (χ4n) is 1.38. The molecule has 70 valence electrons. The maximum atomic E-state index is 11.3. The first-order valence-corrected chi connectivity index (χ1v) is 4.50. The van der Waals surface area contributed by atoms with Crippen LogP contribution < -0.4 is 10.6 Å². The Kier molecular flexibility index (Phi) is 3.34. The Morgan fingerprint density at radius 3 is 3.08 bits per heavy atom. The van der Waals surface area contributed by atoms with Crippen molar-refractivity contribution < 1.29 is 4.79 Å². The zero-order valence-corrected chi connectivity index (χ0v) is 7.76. The molecule has 0 aliphatic carbocycles. The Bertz CT molecular complexity index is 160. The summed E-state index contributed by atoms with van der Waals surface area (Å²) in [5, 5.41) is 6.08. The Morgan fingerprint density at radius 1 is 1.75 bits per heavy atom. The number of amides is 2. The minimum atomic E-state index is 0.0610. The highest BCUT2D eigenvalue weighted by molar-refractivity contribution is 5.74. The van der Waals surface area contributed by atoms with E-state index in [2.05, 4.69) is 17.6 Å². The van der Waals surface area contributed by atoms with Gasteiger partial charge in [0.1, 0.15) is 0 Å². The Labute approximate surface area is 73.3 Å². The van der Waals surface area contributed by atoms with Crippen LogP contribution in [0.2, 0.25) is 0 Å². The molecular formula is C8H17N3O. The van der Waals surface area contributed by atoms with Gasteiger partial charge < -0.3 is 15.5 Å². The second-order valence-corrected chi connectivity index (χ2v) is 3.14. The van der Waals surface area contributed by atoms with Crippen molar-refractivity contribution in [3.8, 4) is 0 Å². The number of nitrogens with one attached hydrogen (secondary N) is 2. The summed E-state index contributed by atoms with van der Waals surface area (Å²) < 4.78 is 0. The number of hydrogen-bond acceptors (Lipinski definition) is 2. The van der Waals surface area contributed by atoms with E-state index in [0.29, 0.717) is 12.6 Å². The molecule has 1 heterocycles. The maximum absolute atomic E-state index is 11.3. The average Bonchev–Trinajstić information content (AvgIpc) is 2.05. The molecule has 0 saturated carbocycles. The third-order valence-corrected chi connectivity index (χ3v) is 1.98. The van der Waals surface area contributed by atoms with Gasteiger partial charge in [-0.1, -0.05) is 0 Å². The molecule has 0 aromatic heterocycles. The van der Waals surface area contributed by atoms with E-state index in [1.807, 2.05) is 11.8 Å². The predicted molar refractivity (Wildman–Crippen MR) is 48.1 cm³/mol. The van der Waals surface area contributed by atoms with E-state index in [-0.39, 0.29) is 6.03 Å². The van der Waals surface area contributed by atoms with E-state index in [1.165, 1.54) is 0 Å². The highest BCUT2D eigenvalue weighted by Crippen LogP contribution is 1.97. The monoisotopic (exact) mass is 171 g/mol. The molecule has 1 rings (SSSR count). The normalized spacial score (nSPS) is 23.8. The molecule has 2 N–H and O–H groups in total. The van der Waals surface area contributed by atoms with Crippen molar-refractivity contribution in [2.75, 3.05) is 26.2 Å². The quantitative estimate of drug-likeness (QED) is 0.583. The van der Waals surface area contributed by atoms with Crippen LogP contribution in [-0.2, 0) is 0 Å². The van der Waals surface area contributed by atoms with Crippen LogP contribution in [0.3, 0.4) is 0 Å². The summed E-state index contributed by atoms with van der Waals surface area (Å²) in [5.74, 6) is 0. The fraction of sp³-hybridized carbons (Fsp3) is 0.875. The second-order valence-electron chi connectivity index (χ2n) is 3.14. The smallest absolute Gasteiger partial charge is 0.317 e. The minimum Gasteiger partial charge on any atom is -0.338 e. The molecule has 2 amide bonds. The van der Waals surface area contributed by atoms with Crippen LogP contribution in [0.25, 0.3) is 0 Å². The topological polar surface area (TPSA) is 44.4 Å². The van der Waals surface area contributed by atoms with Gasteiger partial charge >= 0.3 is 6.03 Å². The first kappa shape index (κ1) is 9.32. The highest BCUT2D eigenvalue weighted by Gasteiger charge is 2.19. The zero-order valence-electron chi connectivity index (χ0n) is 7.76. The SMILES string of the molecule is CCNC(=O)N1CCN[C@H](C)C1. The first-order chi connectivity index (χ1) is 5.74. The van der Waals surface area contributed by atoms with E-state index in [9.17, 15) is 4.79 Å². The number of rotatable bonds is 1. The molecule has 1 fully saturated rings. The van der Waals surface area contributed by atoms with Crippen molar-refractivity contribution in [2.45, 2.75) is 19.9 Å². The molecule has 4 heteroatoms. The van der Waals surface area contributed by atoms with E-state index in [4.69, 9.17) is 0 Å². The maximum Gasteiger partial charge on any atom is 0.317 e. The lowest BCUT2D eigenvalue weighted by molar-refractivity contribution is 0.180. The van der Waals surface area contributed by atoms with E-state index >= 15 is 0 Å². The first-order valence-electron chi connectivity index (χ1n) is 4.50. The number of piperazine rings is 1. The van der Waals surface area contributed by atoms with Crippen molar-refractivity contribution in [3.63, 3.8) is 0 Å². The number of carbonyl (C=O) groups is 1. The standard InChI is InChI=1S/C8H17N3O/c1-3-9-8(12)11-5-4-10-7(2)6-11/h7,10H,3-6H2,1-2H3,(H,9,12)/t7-/m1/s1. The van der Waals surface area contributed by atoms with Crippen LogP contribution >= 0.6 is 0 Å². The zero-order chi connectivity index (χ0) is 8.97. The van der Waals surface area contributed by atoms with Gasteiger partial charge in [0.25, 0.3) is 0 Å². The van der Waals surface area contributed by atoms with Gasteiger partial charge in [0.2, 0.25) is 0 Å². The summed E-state index contributed by atoms with van der Waals surface area (Å²) in [6.45, 7) is 7.26. The van der Waals surface area contributed by atoms with Gasteiger partial charge in [0, 0.05) is 32.2 Å². The van der Waals surface area contributed by atoms with Crippen molar-refractivity contribution in [2.24, 2.45) is 0 Å². The summed E-state index contributed by atoms with van der Waals surface area (Å²) in [7, 11) is 0. The van der Waals surface area contributed by atoms with E-state index in [1.54, 1.807) is 0 Å². The molecule has 1 aliphatic heterocycles. The summed E-state index contributed by atoms with van der Waals surface area (Å²) >= 11 is 0. The van der Waals surface area contributed by atoms with Crippen LogP contribution in [-0.4, -0.2) is 43.2 Å². The molecule has 0 aromatic rings. The molecule has 0 bridgehead atoms. The van der Waals surface area contributed by atoms with Crippen molar-refractivity contribution >= 4 is 6.03 Å². The van der Waals surface area contributed by atoms with Gasteiger partial charge in [-0.25, -0.2) is 4.79 Å². The van der Waals surface area contributed by atoms with Gasteiger partial charge in [-0.2, -0.15) is 0 Å². The average molecular weight is 171 g/mol. The molecular weight excluding hydrogens is 154 g/mol. The Hall–Kier alpha value is -0.770. The molecule has 12 heavy (non-hydrogen) atoms. The number of hydrogen-bond donors (Lipinski definition) is 2. The molecule has 4 nitrogen and oxygen atoms in total. The van der Waals surface area contributed by atoms with Crippen LogP contribution in [0.15, 0.2) is 0 Å². The molecule has 0 spiro atoms. The Morgan fingerprint density at radius 2 is 2.50 bits per heavy atom. The molecule has 0 aromatic carbocycles. The second kappa shape index (κ2) is 4.30. The summed E-state index contributed by atoms with van der Waals surface area (Å²) in [6.07, 6.45) is 0. The van der Waals surface area contributed by atoms with Crippen molar-refractivity contribution in [1.82, 2.24) is 15.5 Å². The number of nitrogens with zero attached hydrogens (tertiary/aromatic N) is 1. The third-order valence-electron chi connectivity index (χ3n) is 1.98. The van der Waals surface area contributed by atoms with Crippen LogP contribution in [0, 0.1) is 0 Å². The van der Waals surface area contributed by atoms with Gasteiger partial charge in [-0.15, -0.1) is 0 Å². The largest absolute Gasteiger partial charge is 0.338 e. The molecule has 0 unspecified atom stereocenters. The van der Waals surface area contributed by atoms with Crippen LogP contribution in [0.1, 0.15) is 13.8 Å². The number of urea groups is 1. The molecule has 1 atom stereocenters. The van der Waals surface area contributed by atoms with Gasteiger partial charge in [-0.05, 0) is 13.8 Å². The lowest BCUT2D eigenvalue weighted by atomic mass is 10.2. The van der Waals surface area contributed by atoms with Crippen molar-refractivity contribution in [3.05, 3.63) is 0 Å². The lowest BCUT2D eigenvalue weighted by Crippen LogP contribution is -2.54. The predicted octanol–water partition coefficient (Wildman–Crippen LogP) is 0.00960. The number of carbonyl (C=O) groups excluding carboxylic acids is 1. The van der Waals surface area contributed by atoms with Crippen molar-refractivity contribution in [1.29, 1.82) is 0 Å². The molecule has 1 saturated heterocycles. The van der Waals surface area contributed by atoms with Gasteiger partial charge in [0.15, 0.2) is 0 Å². The summed E-state index contributed by atoms with van der Waals surface area (Å²) in [6, 6.07) is 0.479.